The number of nitrogens with two attached hydrogens (primary N) is 1. The van der Waals surface area contributed by atoms with Gasteiger partial charge in [0.25, 0.3) is 10.0 Å². The number of sulfonamides is 1. The lowest BCUT2D eigenvalue weighted by molar-refractivity contribution is 0.373. The van der Waals surface area contributed by atoms with Gasteiger partial charge in [-0.25, -0.2) is 13.4 Å². The minimum Gasteiger partial charge on any atom is -0.393 e. The molecule has 0 fully saturated rings. The third kappa shape index (κ3) is 4.76. The molecule has 120 valence electrons. The molecular weight excluding hydrogens is 308 g/mol. The highest BCUT2D eigenvalue weighted by Crippen LogP contribution is 2.17. The van der Waals surface area contributed by atoms with Gasteiger partial charge in [-0.3, -0.25) is 0 Å². The van der Waals surface area contributed by atoms with Crippen LogP contribution in [0.15, 0.2) is 11.2 Å². The van der Waals surface area contributed by atoms with Gasteiger partial charge in [-0.1, -0.05) is 26.1 Å². The van der Waals surface area contributed by atoms with Gasteiger partial charge in [-0.05, 0) is 19.8 Å². The minimum atomic E-state index is -3.62. The van der Waals surface area contributed by atoms with E-state index >= 15 is 0 Å². The lowest BCUT2D eigenvalue weighted by Crippen LogP contribution is -2.36. The normalized spacial score (nSPS) is 12.3. The van der Waals surface area contributed by atoms with Gasteiger partial charge in [-0.2, -0.15) is 4.31 Å². The second-order valence-corrected chi connectivity index (χ2v) is 7.79. The van der Waals surface area contributed by atoms with Gasteiger partial charge in [0.05, 0.1) is 4.99 Å². The highest BCUT2D eigenvalue weighted by atomic mass is 32.2. The second-order valence-electron chi connectivity index (χ2n) is 5.39. The molecule has 2 N–H and O–H groups in total. The topological polar surface area (TPSA) is 81.2 Å². The molecule has 0 bridgehead atoms. The third-order valence-corrected chi connectivity index (χ3v) is 5.02. The number of hydrogen-bond acceptors (Lipinski definition) is 4. The fraction of sp³-hybridized carbons (Fsp3) is 0.692. The van der Waals surface area contributed by atoms with Crippen LogP contribution >= 0.6 is 12.2 Å². The Balaban J connectivity index is 3.09. The van der Waals surface area contributed by atoms with Gasteiger partial charge in [0.1, 0.15) is 5.82 Å². The monoisotopic (exact) mass is 332 g/mol. The Bertz CT molecular complexity index is 593. The molecule has 0 aromatic carbocycles. The molecule has 1 aromatic heterocycles. The van der Waals surface area contributed by atoms with E-state index in [1.807, 2.05) is 25.3 Å². The predicted octanol–water partition coefficient (Wildman–Crippen LogP) is 1.53. The lowest BCUT2D eigenvalue weighted by atomic mass is 10.2. The number of hydrogen-bond donors (Lipinski definition) is 1. The van der Waals surface area contributed by atoms with Crippen molar-refractivity contribution in [3.63, 3.8) is 0 Å². The maximum absolute atomic E-state index is 12.7. The van der Waals surface area contributed by atoms with E-state index < -0.39 is 10.0 Å². The van der Waals surface area contributed by atoms with E-state index in [2.05, 4.69) is 4.98 Å². The van der Waals surface area contributed by atoms with E-state index in [1.165, 1.54) is 4.31 Å². The molecule has 0 aliphatic rings. The maximum atomic E-state index is 12.7. The van der Waals surface area contributed by atoms with Gasteiger partial charge < -0.3 is 10.3 Å². The third-order valence-electron chi connectivity index (χ3n) is 3.08. The van der Waals surface area contributed by atoms with Crippen molar-refractivity contribution in [2.45, 2.75) is 45.7 Å². The van der Waals surface area contributed by atoms with Crippen molar-refractivity contribution < 1.29 is 8.42 Å². The minimum absolute atomic E-state index is 0.0884. The van der Waals surface area contributed by atoms with Crippen molar-refractivity contribution >= 4 is 27.2 Å². The Kier molecular flexibility index (Phi) is 6.30. The van der Waals surface area contributed by atoms with Gasteiger partial charge in [0, 0.05) is 32.3 Å². The van der Waals surface area contributed by atoms with Crippen molar-refractivity contribution in [1.29, 1.82) is 0 Å². The summed E-state index contributed by atoms with van der Waals surface area (Å²) in [7, 11) is -3.62. The highest BCUT2D eigenvalue weighted by molar-refractivity contribution is 7.89. The largest absolute Gasteiger partial charge is 0.393 e. The maximum Gasteiger partial charge on any atom is 0.262 e. The first-order valence-corrected chi connectivity index (χ1v) is 8.85. The summed E-state index contributed by atoms with van der Waals surface area (Å²) in [5, 5.41) is 0.0884. The molecule has 21 heavy (non-hydrogen) atoms. The van der Waals surface area contributed by atoms with Gasteiger partial charge in [0.15, 0.2) is 5.03 Å². The van der Waals surface area contributed by atoms with Crippen LogP contribution in [0, 0.1) is 12.8 Å². The molecule has 0 atom stereocenters. The first kappa shape index (κ1) is 18.1. The summed E-state index contributed by atoms with van der Waals surface area (Å²) in [5.41, 5.74) is 5.49. The number of imidazole rings is 1. The molecule has 0 aliphatic carbocycles. The molecule has 1 heterocycles. The van der Waals surface area contributed by atoms with Crippen molar-refractivity contribution in [2.75, 3.05) is 13.1 Å². The molecule has 0 aliphatic heterocycles. The van der Waals surface area contributed by atoms with Crippen LogP contribution in [-0.4, -0.2) is 40.4 Å². The smallest absolute Gasteiger partial charge is 0.262 e. The molecule has 0 saturated heterocycles. The Morgan fingerprint density at radius 2 is 2.14 bits per heavy atom. The molecule has 8 heteroatoms. The van der Waals surface area contributed by atoms with Crippen LogP contribution < -0.4 is 5.73 Å². The number of thiocarbonyl (C=S) groups is 1. The van der Waals surface area contributed by atoms with Crippen LogP contribution in [0.2, 0.25) is 0 Å². The average Bonchev–Trinajstić information content (AvgIpc) is 2.75. The van der Waals surface area contributed by atoms with Crippen LogP contribution in [0.4, 0.5) is 0 Å². The number of nitrogens with zero attached hydrogens (tertiary/aromatic N) is 3. The quantitative estimate of drug-likeness (QED) is 0.730. The molecule has 0 saturated carbocycles. The van der Waals surface area contributed by atoms with Crippen LogP contribution in [0.3, 0.4) is 0 Å². The fourth-order valence-electron chi connectivity index (χ4n) is 2.01. The van der Waals surface area contributed by atoms with Crippen LogP contribution in [0.5, 0.6) is 0 Å². The van der Waals surface area contributed by atoms with Gasteiger partial charge >= 0.3 is 0 Å². The Labute approximate surface area is 132 Å². The SMILES string of the molecule is CCn1cc(S(=O)(=O)N(CCC(N)=S)CC(C)C)nc1C. The zero-order chi connectivity index (χ0) is 16.2. The van der Waals surface area contributed by atoms with Crippen molar-refractivity contribution in [3.05, 3.63) is 12.0 Å². The van der Waals surface area contributed by atoms with Crippen LogP contribution in [0.25, 0.3) is 0 Å². The van der Waals surface area contributed by atoms with E-state index in [4.69, 9.17) is 18.0 Å². The first-order valence-electron chi connectivity index (χ1n) is 7.00. The van der Waals surface area contributed by atoms with E-state index in [0.29, 0.717) is 30.3 Å². The van der Waals surface area contributed by atoms with Crippen LogP contribution in [-0.2, 0) is 16.6 Å². The molecule has 1 rings (SSSR count). The summed E-state index contributed by atoms with van der Waals surface area (Å²) in [5.74, 6) is 0.899. The Hall–Kier alpha value is -0.990. The molecule has 0 amide bonds. The second kappa shape index (κ2) is 7.33. The average molecular weight is 332 g/mol. The lowest BCUT2D eigenvalue weighted by Gasteiger charge is -2.22. The summed E-state index contributed by atoms with van der Waals surface area (Å²) in [6.45, 7) is 9.08. The molecule has 0 spiro atoms. The van der Waals surface area contributed by atoms with Gasteiger partial charge in [-0.15, -0.1) is 0 Å². The van der Waals surface area contributed by atoms with E-state index in [0.717, 1.165) is 0 Å². The first-order chi connectivity index (χ1) is 9.68. The zero-order valence-electron chi connectivity index (χ0n) is 13.0. The zero-order valence-corrected chi connectivity index (χ0v) is 14.7. The number of rotatable bonds is 8. The molecule has 0 radical (unpaired) electrons. The predicted molar refractivity (Wildman–Crippen MR) is 87.6 cm³/mol. The standard InChI is InChI=1S/C13H24N4O2S2/c1-5-16-9-13(15-11(16)4)21(18,19)17(8-10(2)3)7-6-12(14)20/h9-10H,5-8H2,1-4H3,(H2,14,20). The van der Waals surface area contributed by atoms with E-state index in [1.54, 1.807) is 13.1 Å². The van der Waals surface area contributed by atoms with Crippen molar-refractivity contribution in [2.24, 2.45) is 11.7 Å². The van der Waals surface area contributed by atoms with Gasteiger partial charge in [0.2, 0.25) is 0 Å². The summed E-state index contributed by atoms with van der Waals surface area (Å²) < 4.78 is 28.7. The number of aromatic nitrogens is 2. The molecule has 6 nitrogen and oxygen atoms in total. The van der Waals surface area contributed by atoms with E-state index in [9.17, 15) is 8.42 Å². The molecule has 0 unspecified atom stereocenters. The molecule has 1 aromatic rings. The summed E-state index contributed by atoms with van der Waals surface area (Å²) in [4.78, 5) is 4.49. The van der Waals surface area contributed by atoms with Crippen molar-refractivity contribution in [3.8, 4) is 0 Å². The Morgan fingerprint density at radius 3 is 2.57 bits per heavy atom. The summed E-state index contributed by atoms with van der Waals surface area (Å²) in [6, 6.07) is 0. The van der Waals surface area contributed by atoms with Crippen molar-refractivity contribution in [1.82, 2.24) is 13.9 Å². The number of aryl methyl sites for hydroxylation is 2. The molecular formula is C13H24N4O2S2. The van der Waals surface area contributed by atoms with Crippen LogP contribution in [0.1, 0.15) is 33.0 Å². The summed E-state index contributed by atoms with van der Waals surface area (Å²) >= 11 is 4.85. The Morgan fingerprint density at radius 1 is 1.52 bits per heavy atom. The fourth-order valence-corrected chi connectivity index (χ4v) is 3.70. The highest BCUT2D eigenvalue weighted by Gasteiger charge is 2.28. The summed E-state index contributed by atoms with van der Waals surface area (Å²) in [6.07, 6.45) is 1.95. The van der Waals surface area contributed by atoms with E-state index in [-0.39, 0.29) is 17.5 Å².